The summed E-state index contributed by atoms with van der Waals surface area (Å²) in [6.07, 6.45) is 3.44. The Bertz CT molecular complexity index is 143. The van der Waals surface area contributed by atoms with E-state index >= 15 is 0 Å². The molecule has 0 aromatic carbocycles. The van der Waals surface area contributed by atoms with Gasteiger partial charge in [-0.1, -0.05) is 22.0 Å². The Labute approximate surface area is 68.7 Å². The van der Waals surface area contributed by atoms with Crippen molar-refractivity contribution in [2.75, 3.05) is 0 Å². The van der Waals surface area contributed by atoms with Gasteiger partial charge in [-0.15, -0.1) is 0 Å². The lowest BCUT2D eigenvalue weighted by molar-refractivity contribution is -0.0856. The third-order valence-electron chi connectivity index (χ3n) is 1.82. The van der Waals surface area contributed by atoms with Crippen LogP contribution in [0.1, 0.15) is 19.3 Å². The van der Waals surface area contributed by atoms with Gasteiger partial charge in [0.1, 0.15) is 0 Å². The number of allylic oxidation sites excluding steroid dienone is 2. The first-order valence-corrected chi connectivity index (χ1v) is 4.20. The average molecular weight is 207 g/mol. The van der Waals surface area contributed by atoms with Gasteiger partial charge in [0.15, 0.2) is 6.29 Å². The molecule has 1 aliphatic rings. The molecule has 2 N–H and O–H groups in total. The molecule has 0 fully saturated rings. The molecule has 1 aliphatic carbocycles. The number of rotatable bonds is 1. The van der Waals surface area contributed by atoms with E-state index in [-0.39, 0.29) is 5.92 Å². The second-order valence-electron chi connectivity index (χ2n) is 2.60. The van der Waals surface area contributed by atoms with Crippen LogP contribution in [-0.2, 0) is 0 Å². The van der Waals surface area contributed by atoms with Crippen LogP contribution in [0.2, 0.25) is 0 Å². The molecule has 0 heterocycles. The first-order chi connectivity index (χ1) is 4.70. The van der Waals surface area contributed by atoms with E-state index in [2.05, 4.69) is 15.9 Å². The zero-order valence-electron chi connectivity index (χ0n) is 5.63. The maximum Gasteiger partial charge on any atom is 0.154 e. The summed E-state index contributed by atoms with van der Waals surface area (Å²) >= 11 is 3.36. The lowest BCUT2D eigenvalue weighted by Gasteiger charge is -2.20. The molecule has 10 heavy (non-hydrogen) atoms. The van der Waals surface area contributed by atoms with Crippen molar-refractivity contribution in [1.82, 2.24) is 0 Å². The third-order valence-corrected chi connectivity index (χ3v) is 2.54. The maximum absolute atomic E-state index is 8.77. The Morgan fingerprint density at radius 2 is 2.30 bits per heavy atom. The van der Waals surface area contributed by atoms with Crippen molar-refractivity contribution in [3.8, 4) is 0 Å². The van der Waals surface area contributed by atoms with Crippen LogP contribution >= 0.6 is 15.9 Å². The summed E-state index contributed by atoms with van der Waals surface area (Å²) in [6.45, 7) is 0. The standard InChI is InChI=1S/C7H11BrO2/c8-6-3-1-5(2-4-6)7(9)10/h3,5,7,9-10H,1-2,4H2. The lowest BCUT2D eigenvalue weighted by Crippen LogP contribution is -2.20. The zero-order valence-corrected chi connectivity index (χ0v) is 7.21. The molecule has 0 spiro atoms. The smallest absolute Gasteiger partial charge is 0.154 e. The molecular weight excluding hydrogens is 196 g/mol. The Kier molecular flexibility index (Phi) is 2.89. The number of hydrogen-bond acceptors (Lipinski definition) is 2. The van der Waals surface area contributed by atoms with Gasteiger partial charge in [-0.05, 0) is 23.7 Å². The highest BCUT2D eigenvalue weighted by Gasteiger charge is 2.18. The van der Waals surface area contributed by atoms with Crippen LogP contribution in [0.4, 0.5) is 0 Å². The summed E-state index contributed by atoms with van der Waals surface area (Å²) in [5, 5.41) is 17.5. The third kappa shape index (κ3) is 2.08. The van der Waals surface area contributed by atoms with E-state index in [1.807, 2.05) is 6.08 Å². The zero-order chi connectivity index (χ0) is 7.56. The highest BCUT2D eigenvalue weighted by molar-refractivity contribution is 9.11. The minimum absolute atomic E-state index is 0.0429. The Morgan fingerprint density at radius 1 is 1.60 bits per heavy atom. The van der Waals surface area contributed by atoms with Crippen molar-refractivity contribution >= 4 is 15.9 Å². The molecule has 0 radical (unpaired) electrons. The van der Waals surface area contributed by atoms with E-state index in [0.717, 1.165) is 19.3 Å². The van der Waals surface area contributed by atoms with Crippen molar-refractivity contribution in [2.24, 2.45) is 5.92 Å². The van der Waals surface area contributed by atoms with Crippen molar-refractivity contribution in [3.63, 3.8) is 0 Å². The van der Waals surface area contributed by atoms with Crippen LogP contribution in [0, 0.1) is 5.92 Å². The SMILES string of the molecule is OC(O)C1CC=C(Br)CC1. The molecule has 0 saturated heterocycles. The van der Waals surface area contributed by atoms with Gasteiger partial charge in [-0.25, -0.2) is 0 Å². The molecule has 0 aromatic heterocycles. The van der Waals surface area contributed by atoms with Crippen LogP contribution in [0.3, 0.4) is 0 Å². The van der Waals surface area contributed by atoms with Gasteiger partial charge in [0.05, 0.1) is 0 Å². The number of halogens is 1. The molecule has 3 heteroatoms. The number of hydrogen-bond donors (Lipinski definition) is 2. The molecule has 0 bridgehead atoms. The average Bonchev–Trinajstić information content (AvgIpc) is 1.88. The second kappa shape index (κ2) is 3.51. The molecule has 1 atom stereocenters. The minimum atomic E-state index is -1.14. The van der Waals surface area contributed by atoms with Crippen molar-refractivity contribution in [2.45, 2.75) is 25.6 Å². The molecule has 0 aliphatic heterocycles. The molecular formula is C7H11BrO2. The number of aliphatic hydroxyl groups is 2. The van der Waals surface area contributed by atoms with Crippen LogP contribution in [0.5, 0.6) is 0 Å². The van der Waals surface area contributed by atoms with E-state index in [1.165, 1.54) is 4.48 Å². The van der Waals surface area contributed by atoms with Gasteiger partial charge in [0.2, 0.25) is 0 Å². The molecule has 0 saturated carbocycles. The van der Waals surface area contributed by atoms with E-state index in [0.29, 0.717) is 0 Å². The molecule has 58 valence electrons. The van der Waals surface area contributed by atoms with Gasteiger partial charge in [0, 0.05) is 5.92 Å². The second-order valence-corrected chi connectivity index (χ2v) is 3.62. The van der Waals surface area contributed by atoms with E-state index in [9.17, 15) is 0 Å². The fourth-order valence-corrected chi connectivity index (χ4v) is 1.51. The predicted octanol–water partition coefficient (Wildman–Crippen LogP) is 1.38. The summed E-state index contributed by atoms with van der Waals surface area (Å²) in [4.78, 5) is 0. The van der Waals surface area contributed by atoms with E-state index in [1.54, 1.807) is 0 Å². The Balaban J connectivity index is 2.42. The fourth-order valence-electron chi connectivity index (χ4n) is 1.09. The van der Waals surface area contributed by atoms with Gasteiger partial charge < -0.3 is 10.2 Å². The van der Waals surface area contributed by atoms with Crippen LogP contribution < -0.4 is 0 Å². The summed E-state index contributed by atoms with van der Waals surface area (Å²) in [5.41, 5.74) is 0. The van der Waals surface area contributed by atoms with Gasteiger partial charge in [0.25, 0.3) is 0 Å². The molecule has 0 amide bonds. The first kappa shape index (κ1) is 8.24. The Hall–Kier alpha value is 0.140. The highest BCUT2D eigenvalue weighted by Crippen LogP contribution is 2.28. The monoisotopic (exact) mass is 206 g/mol. The lowest BCUT2D eigenvalue weighted by atomic mass is 9.94. The molecule has 1 unspecified atom stereocenters. The van der Waals surface area contributed by atoms with Crippen LogP contribution in [-0.4, -0.2) is 16.5 Å². The van der Waals surface area contributed by atoms with Gasteiger partial charge in [-0.3, -0.25) is 0 Å². The van der Waals surface area contributed by atoms with Crippen molar-refractivity contribution in [3.05, 3.63) is 10.6 Å². The summed E-state index contributed by atoms with van der Waals surface area (Å²) < 4.78 is 1.18. The first-order valence-electron chi connectivity index (χ1n) is 3.41. The summed E-state index contributed by atoms with van der Waals surface area (Å²) in [7, 11) is 0. The van der Waals surface area contributed by atoms with Crippen molar-refractivity contribution in [1.29, 1.82) is 0 Å². The van der Waals surface area contributed by atoms with Gasteiger partial charge >= 0.3 is 0 Å². The summed E-state index contributed by atoms with van der Waals surface area (Å²) in [5.74, 6) is 0.0429. The van der Waals surface area contributed by atoms with Gasteiger partial charge in [-0.2, -0.15) is 0 Å². The topological polar surface area (TPSA) is 40.5 Å². The van der Waals surface area contributed by atoms with Crippen LogP contribution in [0.15, 0.2) is 10.6 Å². The Morgan fingerprint density at radius 3 is 2.70 bits per heavy atom. The molecule has 2 nitrogen and oxygen atoms in total. The predicted molar refractivity (Wildman–Crippen MR) is 42.6 cm³/mol. The molecule has 0 aromatic rings. The normalized spacial score (nSPS) is 26.8. The minimum Gasteiger partial charge on any atom is -0.368 e. The maximum atomic E-state index is 8.77. The largest absolute Gasteiger partial charge is 0.368 e. The summed E-state index contributed by atoms with van der Waals surface area (Å²) in [6, 6.07) is 0. The highest BCUT2D eigenvalue weighted by atomic mass is 79.9. The fraction of sp³-hybridized carbons (Fsp3) is 0.714. The quantitative estimate of drug-likeness (QED) is 0.637. The van der Waals surface area contributed by atoms with Crippen LogP contribution in [0.25, 0.3) is 0 Å². The van der Waals surface area contributed by atoms with E-state index in [4.69, 9.17) is 10.2 Å². The molecule has 1 rings (SSSR count). The van der Waals surface area contributed by atoms with Crippen molar-refractivity contribution < 1.29 is 10.2 Å². The van der Waals surface area contributed by atoms with E-state index < -0.39 is 6.29 Å². The number of aliphatic hydroxyl groups excluding tert-OH is 1.